The first-order valence-corrected chi connectivity index (χ1v) is 18.0. The van der Waals surface area contributed by atoms with Gasteiger partial charge in [-0.2, -0.15) is 0 Å². The summed E-state index contributed by atoms with van der Waals surface area (Å²) in [7, 11) is 0. The topological polar surface area (TPSA) is 143 Å². The number of ether oxygens (including phenoxy) is 3. The van der Waals surface area contributed by atoms with Crippen LogP contribution in [-0.2, 0) is 23.8 Å². The van der Waals surface area contributed by atoms with E-state index in [0.29, 0.717) is 49.5 Å². The number of aliphatic carboxylic acids is 1. The molecular weight excluding hydrogens is 588 g/mol. The van der Waals surface area contributed by atoms with Crippen molar-refractivity contribution in [3.63, 3.8) is 0 Å². The standard InChI is InChI=1S/C37H60O9/c1-20(2)9-8-10-23(34(42)43)32-25-17-27(41)33-35(5)15-14-28(45-31-12-11-26(40)30(19-38)46-31)21(3)24(35)13-16-36(33,6)37(25,7)18-29(32)44-22(4)39/h20-21,24-31,33,38,40-41H,8-19H2,1-7H3,(H,42,43)/b32-23+/t21-,24-,25-,26-,27?,28+,29-,30+,31?,33?,35-,36-,37-/m0/s1. The first-order valence-electron chi connectivity index (χ1n) is 18.0. The van der Waals surface area contributed by atoms with Crippen molar-refractivity contribution in [2.24, 2.45) is 45.8 Å². The molecule has 46 heavy (non-hydrogen) atoms. The summed E-state index contributed by atoms with van der Waals surface area (Å²) >= 11 is 0. The van der Waals surface area contributed by atoms with E-state index in [9.17, 15) is 30.0 Å². The fourth-order valence-electron chi connectivity index (χ4n) is 11.5. The number of hydrogen-bond donors (Lipinski definition) is 4. The van der Waals surface area contributed by atoms with E-state index >= 15 is 0 Å². The van der Waals surface area contributed by atoms with Gasteiger partial charge in [0.1, 0.15) is 12.2 Å². The van der Waals surface area contributed by atoms with Gasteiger partial charge >= 0.3 is 11.9 Å². The van der Waals surface area contributed by atoms with Crippen LogP contribution in [0.25, 0.3) is 0 Å². The molecule has 1 saturated heterocycles. The number of aliphatic hydroxyl groups is 3. The minimum Gasteiger partial charge on any atom is -0.478 e. The summed E-state index contributed by atoms with van der Waals surface area (Å²) < 4.78 is 18.4. The highest BCUT2D eigenvalue weighted by atomic mass is 16.7. The number of hydrogen-bond acceptors (Lipinski definition) is 8. The minimum atomic E-state index is -0.938. The third-order valence-corrected chi connectivity index (χ3v) is 13.8. The molecule has 262 valence electrons. The number of carboxylic acids is 1. The van der Waals surface area contributed by atoms with E-state index < -0.39 is 42.6 Å². The Bertz CT molecular complexity index is 1170. The Morgan fingerprint density at radius 1 is 1.02 bits per heavy atom. The maximum atomic E-state index is 12.8. The van der Waals surface area contributed by atoms with Gasteiger partial charge in [0.25, 0.3) is 0 Å². The normalized spacial score (nSPS) is 46.7. The first kappa shape index (κ1) is 35.8. The van der Waals surface area contributed by atoms with Gasteiger partial charge in [-0.25, -0.2) is 4.79 Å². The van der Waals surface area contributed by atoms with E-state index in [1.54, 1.807) is 0 Å². The van der Waals surface area contributed by atoms with Crippen molar-refractivity contribution in [1.82, 2.24) is 0 Å². The van der Waals surface area contributed by atoms with Crippen molar-refractivity contribution < 1.29 is 44.2 Å². The van der Waals surface area contributed by atoms with Gasteiger partial charge in [0.15, 0.2) is 6.29 Å². The van der Waals surface area contributed by atoms with Crippen molar-refractivity contribution in [3.8, 4) is 0 Å². The van der Waals surface area contributed by atoms with Gasteiger partial charge in [-0.05, 0) is 109 Å². The lowest BCUT2D eigenvalue weighted by molar-refractivity contribution is -0.276. The van der Waals surface area contributed by atoms with Gasteiger partial charge < -0.3 is 34.6 Å². The quantitative estimate of drug-likeness (QED) is 0.142. The lowest BCUT2D eigenvalue weighted by atomic mass is 9.36. The maximum Gasteiger partial charge on any atom is 0.331 e. The Labute approximate surface area is 275 Å². The van der Waals surface area contributed by atoms with Gasteiger partial charge in [-0.15, -0.1) is 0 Å². The second-order valence-electron chi connectivity index (χ2n) is 16.7. The number of carbonyl (C=O) groups is 2. The fraction of sp³-hybridized carbons (Fsp3) is 0.892. The summed E-state index contributed by atoms with van der Waals surface area (Å²) in [4.78, 5) is 25.2. The SMILES string of the molecule is CC(=O)O[C@H]1C[C@@]2(C)[C@@H](CC(O)C3[C@]2(C)CC[C@H]2[C@H](C)[C@H](OC4CC[C@H](O)[C@@H](CO)O4)CC[C@]32C)/C1=C(/CCCC(C)C)C(=O)O. The number of rotatable bonds is 9. The van der Waals surface area contributed by atoms with Crippen LogP contribution >= 0.6 is 0 Å². The van der Waals surface area contributed by atoms with Gasteiger partial charge in [-0.1, -0.05) is 48.0 Å². The number of carbonyl (C=O) groups excluding carboxylic acids is 1. The van der Waals surface area contributed by atoms with Crippen LogP contribution in [0.2, 0.25) is 0 Å². The Morgan fingerprint density at radius 2 is 1.74 bits per heavy atom. The van der Waals surface area contributed by atoms with E-state index in [0.717, 1.165) is 44.1 Å². The smallest absolute Gasteiger partial charge is 0.331 e. The van der Waals surface area contributed by atoms with Gasteiger partial charge in [0, 0.05) is 18.9 Å². The largest absolute Gasteiger partial charge is 0.478 e. The molecule has 5 aliphatic rings. The van der Waals surface area contributed by atoms with Crippen LogP contribution < -0.4 is 0 Å². The van der Waals surface area contributed by atoms with Crippen molar-refractivity contribution in [1.29, 1.82) is 0 Å². The molecule has 0 spiro atoms. The third-order valence-electron chi connectivity index (χ3n) is 13.8. The Morgan fingerprint density at radius 3 is 2.37 bits per heavy atom. The predicted octanol–water partition coefficient (Wildman–Crippen LogP) is 5.63. The molecule has 1 heterocycles. The minimum absolute atomic E-state index is 0.00907. The van der Waals surface area contributed by atoms with Crippen LogP contribution in [0.5, 0.6) is 0 Å². The molecule has 9 nitrogen and oxygen atoms in total. The summed E-state index contributed by atoms with van der Waals surface area (Å²) in [5.41, 5.74) is 0.345. The second-order valence-corrected chi connectivity index (χ2v) is 16.7. The van der Waals surface area contributed by atoms with Crippen LogP contribution in [0.3, 0.4) is 0 Å². The predicted molar refractivity (Wildman–Crippen MR) is 172 cm³/mol. The van der Waals surface area contributed by atoms with Crippen molar-refractivity contribution >= 4 is 11.9 Å². The van der Waals surface area contributed by atoms with Crippen LogP contribution in [0.4, 0.5) is 0 Å². The van der Waals surface area contributed by atoms with Crippen molar-refractivity contribution in [3.05, 3.63) is 11.1 Å². The van der Waals surface area contributed by atoms with E-state index in [2.05, 4.69) is 41.5 Å². The zero-order valence-corrected chi connectivity index (χ0v) is 29.2. The number of esters is 1. The maximum absolute atomic E-state index is 12.8. The van der Waals surface area contributed by atoms with E-state index in [-0.39, 0.29) is 46.7 Å². The number of fused-ring (bicyclic) bond motifs is 5. The van der Waals surface area contributed by atoms with Gasteiger partial charge in [0.05, 0.1) is 24.9 Å². The van der Waals surface area contributed by atoms with Gasteiger partial charge in [0.2, 0.25) is 0 Å². The first-order chi connectivity index (χ1) is 21.6. The van der Waals surface area contributed by atoms with E-state index in [1.807, 2.05) is 0 Å². The van der Waals surface area contributed by atoms with Crippen LogP contribution in [-0.4, -0.2) is 75.8 Å². The van der Waals surface area contributed by atoms with Crippen molar-refractivity contribution in [2.75, 3.05) is 6.61 Å². The van der Waals surface area contributed by atoms with Crippen LogP contribution in [0.1, 0.15) is 119 Å². The summed E-state index contributed by atoms with van der Waals surface area (Å²) in [6, 6.07) is 0. The highest BCUT2D eigenvalue weighted by Crippen LogP contribution is 2.74. The summed E-state index contributed by atoms with van der Waals surface area (Å²) in [5, 5.41) is 42.5. The molecule has 5 rings (SSSR count). The highest BCUT2D eigenvalue weighted by molar-refractivity contribution is 5.88. The highest BCUT2D eigenvalue weighted by Gasteiger charge is 2.71. The molecule has 3 unspecified atom stereocenters. The summed E-state index contributed by atoms with van der Waals surface area (Å²) in [6.07, 6.45) is 4.95. The molecule has 4 saturated carbocycles. The average molecular weight is 649 g/mol. The zero-order valence-electron chi connectivity index (χ0n) is 29.2. The Kier molecular flexibility index (Phi) is 10.4. The molecule has 4 N–H and O–H groups in total. The zero-order chi connectivity index (χ0) is 33.8. The number of aliphatic hydroxyl groups excluding tert-OH is 3. The molecule has 0 aromatic heterocycles. The lowest BCUT2D eigenvalue weighted by Crippen LogP contribution is -2.65. The van der Waals surface area contributed by atoms with Crippen molar-refractivity contribution in [2.45, 2.75) is 156 Å². The summed E-state index contributed by atoms with van der Waals surface area (Å²) in [5.74, 6) is -0.475. The Hall–Kier alpha value is -1.52. The second kappa shape index (κ2) is 13.4. The van der Waals surface area contributed by atoms with Crippen LogP contribution in [0.15, 0.2) is 11.1 Å². The molecule has 9 heteroatoms. The lowest BCUT2D eigenvalue weighted by Gasteiger charge is -2.69. The monoisotopic (exact) mass is 648 g/mol. The van der Waals surface area contributed by atoms with E-state index in [1.165, 1.54) is 6.92 Å². The molecule has 4 aliphatic carbocycles. The molecule has 1 aliphatic heterocycles. The van der Waals surface area contributed by atoms with E-state index in [4.69, 9.17) is 14.2 Å². The molecule has 0 bridgehead atoms. The molecule has 0 amide bonds. The Balaban J connectivity index is 1.44. The molecule has 5 fully saturated rings. The third kappa shape index (κ3) is 6.10. The molecule has 0 aromatic carbocycles. The van der Waals surface area contributed by atoms with Crippen LogP contribution in [0, 0.1) is 45.8 Å². The molecule has 0 radical (unpaired) electrons. The van der Waals surface area contributed by atoms with Gasteiger partial charge in [-0.3, -0.25) is 4.79 Å². The molecule has 13 atom stereocenters. The number of carboxylic acid groups (broad SMARTS) is 1. The molecular formula is C37H60O9. The fourth-order valence-corrected chi connectivity index (χ4v) is 11.5. The average Bonchev–Trinajstić information content (AvgIpc) is 3.24. The molecule has 0 aromatic rings. The summed E-state index contributed by atoms with van der Waals surface area (Å²) in [6.45, 7) is 14.7.